The summed E-state index contributed by atoms with van der Waals surface area (Å²) in [5, 5.41) is 0. The quantitative estimate of drug-likeness (QED) is 0.397. The number of nitrogens with zero attached hydrogens (tertiary/aromatic N) is 1. The van der Waals surface area contributed by atoms with Crippen LogP contribution in [0, 0.1) is 0 Å². The van der Waals surface area contributed by atoms with E-state index in [9.17, 15) is 0 Å². The van der Waals surface area contributed by atoms with Gasteiger partial charge in [-0.05, 0) is 7.05 Å². The summed E-state index contributed by atoms with van der Waals surface area (Å²) in [6.45, 7) is 4.02. The van der Waals surface area contributed by atoms with E-state index in [-0.39, 0.29) is 29.6 Å². The van der Waals surface area contributed by atoms with Crippen molar-refractivity contribution in [2.45, 2.75) is 0 Å². The van der Waals surface area contributed by atoms with E-state index in [1.54, 1.807) is 0 Å². The van der Waals surface area contributed by atoms with Gasteiger partial charge in [0.15, 0.2) is 0 Å². The average Bonchev–Trinajstić information content (AvgIpc) is 1.69. The van der Waals surface area contributed by atoms with Gasteiger partial charge >= 0.3 is 29.6 Å². The van der Waals surface area contributed by atoms with Crippen LogP contribution in [0.5, 0.6) is 0 Å². The summed E-state index contributed by atoms with van der Waals surface area (Å²) in [5.41, 5.74) is 0. The summed E-state index contributed by atoms with van der Waals surface area (Å²) >= 11 is 0. The third-order valence-electron chi connectivity index (χ3n) is 1.23. The number of ether oxygens (including phenoxy) is 1. The topological polar surface area (TPSA) is 12.5 Å². The molecule has 0 aromatic carbocycles. The number of morpholine rings is 1. The van der Waals surface area contributed by atoms with Gasteiger partial charge in [0.1, 0.15) is 0 Å². The van der Waals surface area contributed by atoms with Gasteiger partial charge in [0.2, 0.25) is 0 Å². The van der Waals surface area contributed by atoms with Gasteiger partial charge in [0.25, 0.3) is 0 Å². The van der Waals surface area contributed by atoms with Crippen LogP contribution in [0.2, 0.25) is 0 Å². The van der Waals surface area contributed by atoms with Gasteiger partial charge < -0.3 is 9.64 Å². The Bertz CT molecular complexity index is 54.4. The van der Waals surface area contributed by atoms with Crippen LogP contribution >= 0.6 is 0 Å². The predicted octanol–water partition coefficient (Wildman–Crippen LogP) is -0.700. The molecule has 1 saturated heterocycles. The van der Waals surface area contributed by atoms with Crippen LogP contribution in [-0.2, 0) is 4.74 Å². The first-order chi connectivity index (χ1) is 3.39. The van der Waals surface area contributed by atoms with E-state index < -0.39 is 0 Å². The molecule has 0 spiro atoms. The van der Waals surface area contributed by atoms with Crippen molar-refractivity contribution >= 4 is 29.6 Å². The molecule has 0 N–H and O–H groups in total. The van der Waals surface area contributed by atoms with Crippen LogP contribution in [0.1, 0.15) is 0 Å². The molecule has 8 heavy (non-hydrogen) atoms. The Hall–Kier alpha value is 0.920. The summed E-state index contributed by atoms with van der Waals surface area (Å²) < 4.78 is 5.10. The maximum absolute atomic E-state index is 5.10. The molecule has 1 fully saturated rings. The number of hydrogen-bond donors (Lipinski definition) is 0. The van der Waals surface area contributed by atoms with Gasteiger partial charge in [-0.3, -0.25) is 0 Å². The van der Waals surface area contributed by atoms with Crippen molar-refractivity contribution in [3.8, 4) is 0 Å². The fraction of sp³-hybridized carbons (Fsp3) is 1.00. The third-order valence-corrected chi connectivity index (χ3v) is 1.23. The van der Waals surface area contributed by atoms with Crippen molar-refractivity contribution < 1.29 is 4.74 Å². The zero-order valence-electron chi connectivity index (χ0n) is 4.68. The molecule has 0 unspecified atom stereocenters. The zero-order chi connectivity index (χ0) is 5.11. The molecule has 0 amide bonds. The molecule has 0 saturated carbocycles. The number of hydrogen-bond acceptors (Lipinski definition) is 2. The molecule has 0 atom stereocenters. The first-order valence-electron chi connectivity index (χ1n) is 2.66. The second-order valence-electron chi connectivity index (χ2n) is 1.92. The maximum atomic E-state index is 5.10. The second-order valence-corrected chi connectivity index (χ2v) is 1.92. The monoisotopic (exact) mass is 125 g/mol. The first kappa shape index (κ1) is 8.92. The normalized spacial score (nSPS) is 22.1. The molecule has 0 bridgehead atoms. The van der Waals surface area contributed by atoms with Gasteiger partial charge in [-0.2, -0.15) is 0 Å². The molecule has 0 aliphatic carbocycles. The molecule has 2 nitrogen and oxygen atoms in total. The molecule has 1 heterocycles. The van der Waals surface area contributed by atoms with E-state index in [0.29, 0.717) is 0 Å². The fourth-order valence-corrected chi connectivity index (χ4v) is 0.655. The van der Waals surface area contributed by atoms with Crippen LogP contribution in [0.15, 0.2) is 0 Å². The van der Waals surface area contributed by atoms with Crippen LogP contribution in [0.25, 0.3) is 0 Å². The second kappa shape index (κ2) is 4.77. The van der Waals surface area contributed by atoms with Crippen molar-refractivity contribution in [3.05, 3.63) is 0 Å². The van der Waals surface area contributed by atoms with Gasteiger partial charge in [0.05, 0.1) is 13.2 Å². The van der Waals surface area contributed by atoms with E-state index in [0.717, 1.165) is 26.3 Å². The van der Waals surface area contributed by atoms with E-state index in [1.165, 1.54) is 0 Å². The Morgan fingerprint density at radius 1 is 1.25 bits per heavy atom. The van der Waals surface area contributed by atoms with Crippen molar-refractivity contribution in [1.29, 1.82) is 0 Å². The zero-order valence-corrected chi connectivity index (χ0v) is 4.68. The molecule has 0 aromatic rings. The van der Waals surface area contributed by atoms with Gasteiger partial charge in [-0.1, -0.05) is 0 Å². The predicted molar refractivity (Wildman–Crippen MR) is 35.5 cm³/mol. The van der Waals surface area contributed by atoms with Gasteiger partial charge in [-0.15, -0.1) is 0 Å². The Morgan fingerprint density at radius 2 is 1.75 bits per heavy atom. The van der Waals surface area contributed by atoms with Crippen molar-refractivity contribution in [2.75, 3.05) is 33.4 Å². The van der Waals surface area contributed by atoms with E-state index >= 15 is 0 Å². The van der Waals surface area contributed by atoms with E-state index in [4.69, 9.17) is 4.74 Å². The van der Waals surface area contributed by atoms with Gasteiger partial charge in [0, 0.05) is 13.1 Å². The van der Waals surface area contributed by atoms with Gasteiger partial charge in [-0.25, -0.2) is 0 Å². The summed E-state index contributed by atoms with van der Waals surface area (Å²) in [6, 6.07) is 0. The summed E-state index contributed by atoms with van der Waals surface area (Å²) in [7, 11) is 2.11. The third kappa shape index (κ3) is 3.05. The minimum absolute atomic E-state index is 0. The molecule has 0 radical (unpaired) electrons. The van der Waals surface area contributed by atoms with Crippen molar-refractivity contribution in [1.82, 2.24) is 4.90 Å². The fourth-order valence-electron chi connectivity index (χ4n) is 0.655. The van der Waals surface area contributed by atoms with E-state index in [1.807, 2.05) is 0 Å². The van der Waals surface area contributed by atoms with Crippen LogP contribution in [-0.4, -0.2) is 67.8 Å². The molecule has 44 valence electrons. The SMILES string of the molecule is CN1CCOCC1.[NaH]. The number of likely N-dealkylation sites (N-methyl/N-ethyl adjacent to an activating group) is 1. The molecule has 1 aliphatic heterocycles. The molecule has 0 aromatic heterocycles. The molecular formula is C5H12NNaO. The Labute approximate surface area is 72.5 Å². The summed E-state index contributed by atoms with van der Waals surface area (Å²) in [4.78, 5) is 2.27. The Kier molecular flexibility index (Phi) is 5.31. The summed E-state index contributed by atoms with van der Waals surface area (Å²) in [5.74, 6) is 0. The Balaban J connectivity index is 0.000000490. The Morgan fingerprint density at radius 3 is 2.00 bits per heavy atom. The van der Waals surface area contributed by atoms with Crippen molar-refractivity contribution in [3.63, 3.8) is 0 Å². The first-order valence-corrected chi connectivity index (χ1v) is 2.66. The van der Waals surface area contributed by atoms with Crippen LogP contribution in [0.4, 0.5) is 0 Å². The average molecular weight is 125 g/mol. The summed E-state index contributed by atoms with van der Waals surface area (Å²) in [6.07, 6.45) is 0. The molecule has 1 aliphatic rings. The van der Waals surface area contributed by atoms with Crippen molar-refractivity contribution in [2.24, 2.45) is 0 Å². The molecule has 3 heteroatoms. The standard InChI is InChI=1S/C5H11NO.Na.H/c1-6-2-4-7-5-3-6;;/h2-5H2,1H3;;. The minimum atomic E-state index is 0. The van der Waals surface area contributed by atoms with E-state index in [2.05, 4.69) is 11.9 Å². The molecular weight excluding hydrogens is 113 g/mol. The number of rotatable bonds is 0. The van der Waals surface area contributed by atoms with Crippen LogP contribution < -0.4 is 0 Å². The van der Waals surface area contributed by atoms with Crippen LogP contribution in [0.3, 0.4) is 0 Å². The molecule has 1 rings (SSSR count).